The van der Waals surface area contributed by atoms with Gasteiger partial charge in [-0.05, 0) is 40.5 Å². The van der Waals surface area contributed by atoms with Crippen LogP contribution in [-0.4, -0.2) is 10.5 Å². The highest BCUT2D eigenvalue weighted by Gasteiger charge is 2.20. The molecular weight excluding hydrogens is 184 g/mol. The maximum Gasteiger partial charge on any atom is 0.151 e. The molecule has 0 saturated carbocycles. The van der Waals surface area contributed by atoms with Crippen molar-refractivity contribution < 1.29 is 0 Å². The Balaban J connectivity index is 4.08. The zero-order valence-corrected chi connectivity index (χ0v) is 10.1. The molecule has 0 saturated heterocycles. The highest BCUT2D eigenvalue weighted by Crippen LogP contribution is 2.25. The maximum absolute atomic E-state index is 6.16. The van der Waals surface area contributed by atoms with Crippen molar-refractivity contribution in [1.82, 2.24) is 0 Å². The molecule has 0 rings (SSSR count). The highest BCUT2D eigenvalue weighted by atomic mass is 35.5. The van der Waals surface area contributed by atoms with Crippen molar-refractivity contribution >= 4 is 11.6 Å². The fraction of sp³-hybridized carbons (Fsp3) is 1.00. The number of rotatable bonds is 4. The topological polar surface area (TPSA) is 24.7 Å². The van der Waals surface area contributed by atoms with Crippen LogP contribution in [0, 0.1) is 0 Å². The average molecular weight is 205 g/mol. The van der Waals surface area contributed by atoms with E-state index in [0.717, 1.165) is 19.3 Å². The molecule has 0 aromatic rings. The van der Waals surface area contributed by atoms with E-state index in [-0.39, 0.29) is 5.54 Å². The van der Waals surface area contributed by atoms with Crippen LogP contribution in [0.15, 0.2) is 10.2 Å². The average Bonchev–Trinajstić information content (AvgIpc) is 1.97. The second-order valence-corrected chi connectivity index (χ2v) is 5.43. The van der Waals surface area contributed by atoms with Crippen molar-refractivity contribution in [2.75, 3.05) is 0 Å². The van der Waals surface area contributed by atoms with E-state index in [1.165, 1.54) is 0 Å². The van der Waals surface area contributed by atoms with E-state index in [0.29, 0.717) is 0 Å². The molecule has 0 N–H and O–H groups in total. The molecule has 0 fully saturated rings. The predicted octanol–water partition coefficient (Wildman–Crippen LogP) is 4.38. The van der Waals surface area contributed by atoms with Gasteiger partial charge >= 0.3 is 0 Å². The predicted molar refractivity (Wildman–Crippen MR) is 58.4 cm³/mol. The Kier molecular flexibility index (Phi) is 4.90. The van der Waals surface area contributed by atoms with Crippen molar-refractivity contribution in [2.45, 2.75) is 64.4 Å². The second-order valence-electron chi connectivity index (χ2n) is 4.62. The molecule has 0 aliphatic carbocycles. The lowest BCUT2D eigenvalue weighted by atomic mass is 10.1. The summed E-state index contributed by atoms with van der Waals surface area (Å²) >= 11 is 6.16. The first kappa shape index (κ1) is 12.9. The third-order valence-corrected chi connectivity index (χ3v) is 1.81. The summed E-state index contributed by atoms with van der Waals surface area (Å²) in [4.78, 5) is -0.511. The quantitative estimate of drug-likeness (QED) is 0.369. The molecular formula is C10H21ClN2. The number of azo groups is 1. The van der Waals surface area contributed by atoms with Gasteiger partial charge in [0, 0.05) is 0 Å². The SMILES string of the molecule is CCCCC(C)(Cl)N=NC(C)(C)C. The summed E-state index contributed by atoms with van der Waals surface area (Å²) in [7, 11) is 0. The largest absolute Gasteiger partial charge is 0.187 e. The van der Waals surface area contributed by atoms with Gasteiger partial charge in [0.1, 0.15) is 0 Å². The molecule has 0 aromatic heterocycles. The Morgan fingerprint density at radius 3 is 2.00 bits per heavy atom. The van der Waals surface area contributed by atoms with Crippen molar-refractivity contribution in [3.8, 4) is 0 Å². The smallest absolute Gasteiger partial charge is 0.151 e. The van der Waals surface area contributed by atoms with Crippen LogP contribution in [0.2, 0.25) is 0 Å². The molecule has 13 heavy (non-hydrogen) atoms. The molecule has 0 heterocycles. The summed E-state index contributed by atoms with van der Waals surface area (Å²) in [6.07, 6.45) is 3.14. The van der Waals surface area contributed by atoms with Crippen LogP contribution in [0.25, 0.3) is 0 Å². The zero-order chi connectivity index (χ0) is 10.5. The van der Waals surface area contributed by atoms with Gasteiger partial charge in [0.2, 0.25) is 0 Å². The van der Waals surface area contributed by atoms with Gasteiger partial charge in [-0.3, -0.25) is 0 Å². The Hall–Kier alpha value is -0.110. The van der Waals surface area contributed by atoms with E-state index >= 15 is 0 Å². The Morgan fingerprint density at radius 1 is 1.08 bits per heavy atom. The summed E-state index contributed by atoms with van der Waals surface area (Å²) in [6.45, 7) is 10.1. The minimum absolute atomic E-state index is 0.123. The molecule has 78 valence electrons. The molecule has 0 aliphatic rings. The fourth-order valence-electron chi connectivity index (χ4n) is 0.804. The van der Waals surface area contributed by atoms with Gasteiger partial charge in [0.25, 0.3) is 0 Å². The minimum Gasteiger partial charge on any atom is -0.187 e. The standard InChI is InChI=1S/C10H21ClN2/c1-6-7-8-10(5,11)13-12-9(2,3)4/h6-8H2,1-5H3. The summed E-state index contributed by atoms with van der Waals surface area (Å²) in [5.41, 5.74) is -0.123. The number of nitrogens with zero attached hydrogens (tertiary/aromatic N) is 2. The summed E-state index contributed by atoms with van der Waals surface area (Å²) < 4.78 is 0. The third kappa shape index (κ3) is 8.23. The first-order valence-electron chi connectivity index (χ1n) is 4.90. The summed E-state index contributed by atoms with van der Waals surface area (Å²) in [5.74, 6) is 0. The number of alkyl halides is 1. The number of halogens is 1. The minimum atomic E-state index is -0.511. The van der Waals surface area contributed by atoms with E-state index in [2.05, 4.69) is 17.2 Å². The number of hydrogen-bond acceptors (Lipinski definition) is 2. The van der Waals surface area contributed by atoms with Crippen LogP contribution >= 0.6 is 11.6 Å². The second kappa shape index (κ2) is 4.94. The van der Waals surface area contributed by atoms with Gasteiger partial charge in [0.05, 0.1) is 5.54 Å². The molecule has 1 atom stereocenters. The lowest BCUT2D eigenvalue weighted by molar-refractivity contribution is 0.472. The lowest BCUT2D eigenvalue weighted by Crippen LogP contribution is -2.15. The first-order valence-corrected chi connectivity index (χ1v) is 5.27. The van der Waals surface area contributed by atoms with Crippen LogP contribution in [0.5, 0.6) is 0 Å². The van der Waals surface area contributed by atoms with Crippen molar-refractivity contribution in [1.29, 1.82) is 0 Å². The third-order valence-electron chi connectivity index (χ3n) is 1.55. The van der Waals surface area contributed by atoms with Crippen molar-refractivity contribution in [3.05, 3.63) is 0 Å². The zero-order valence-electron chi connectivity index (χ0n) is 9.39. The van der Waals surface area contributed by atoms with E-state index in [9.17, 15) is 0 Å². The van der Waals surface area contributed by atoms with Crippen LogP contribution in [0.1, 0.15) is 53.9 Å². The van der Waals surface area contributed by atoms with E-state index in [1.807, 2.05) is 27.7 Å². The number of unbranched alkanes of at least 4 members (excludes halogenated alkanes) is 1. The van der Waals surface area contributed by atoms with Crippen molar-refractivity contribution in [2.24, 2.45) is 10.2 Å². The van der Waals surface area contributed by atoms with Gasteiger partial charge < -0.3 is 0 Å². The van der Waals surface area contributed by atoms with Gasteiger partial charge in [-0.25, -0.2) is 0 Å². The maximum atomic E-state index is 6.16. The lowest BCUT2D eigenvalue weighted by Gasteiger charge is -2.18. The van der Waals surface area contributed by atoms with Crippen LogP contribution in [0.3, 0.4) is 0 Å². The monoisotopic (exact) mass is 204 g/mol. The van der Waals surface area contributed by atoms with E-state index in [1.54, 1.807) is 0 Å². The molecule has 1 unspecified atom stereocenters. The van der Waals surface area contributed by atoms with Crippen LogP contribution in [0.4, 0.5) is 0 Å². The van der Waals surface area contributed by atoms with Gasteiger partial charge in [-0.1, -0.05) is 24.9 Å². The Morgan fingerprint density at radius 2 is 1.62 bits per heavy atom. The molecule has 0 bridgehead atoms. The van der Waals surface area contributed by atoms with Gasteiger partial charge in [-0.2, -0.15) is 10.2 Å². The molecule has 0 aromatic carbocycles. The summed E-state index contributed by atoms with van der Waals surface area (Å²) in [5, 5.41) is 8.33. The fourth-order valence-corrected chi connectivity index (χ4v) is 0.975. The van der Waals surface area contributed by atoms with Gasteiger partial charge in [0.15, 0.2) is 5.00 Å². The molecule has 0 aliphatic heterocycles. The van der Waals surface area contributed by atoms with E-state index < -0.39 is 5.00 Å². The molecule has 3 heteroatoms. The molecule has 0 spiro atoms. The van der Waals surface area contributed by atoms with Crippen molar-refractivity contribution in [3.63, 3.8) is 0 Å². The Bertz CT molecular complexity index is 168. The van der Waals surface area contributed by atoms with Gasteiger partial charge in [-0.15, -0.1) is 0 Å². The molecule has 0 radical (unpaired) electrons. The van der Waals surface area contributed by atoms with Crippen LogP contribution in [-0.2, 0) is 0 Å². The van der Waals surface area contributed by atoms with E-state index in [4.69, 9.17) is 11.6 Å². The molecule has 2 nitrogen and oxygen atoms in total. The van der Waals surface area contributed by atoms with Crippen LogP contribution < -0.4 is 0 Å². The normalized spacial score (nSPS) is 17.7. The number of hydrogen-bond donors (Lipinski definition) is 0. The first-order chi connectivity index (χ1) is 5.77. The Labute approximate surface area is 86.8 Å². The highest BCUT2D eigenvalue weighted by molar-refractivity contribution is 6.23. The molecule has 0 amide bonds. The summed E-state index contributed by atoms with van der Waals surface area (Å²) in [6, 6.07) is 0.